The molecule has 5 nitrogen and oxygen atoms in total. The normalized spacial score (nSPS) is 16.8. The zero-order chi connectivity index (χ0) is 13.1. The molecule has 0 atom stereocenters. The quantitative estimate of drug-likeness (QED) is 0.797. The summed E-state index contributed by atoms with van der Waals surface area (Å²) in [4.78, 5) is 33.8. The maximum absolute atomic E-state index is 11.6. The van der Waals surface area contributed by atoms with Gasteiger partial charge in [0.25, 0.3) is 11.1 Å². The van der Waals surface area contributed by atoms with Crippen LogP contribution in [0, 0.1) is 6.92 Å². The van der Waals surface area contributed by atoms with Crippen molar-refractivity contribution in [2.45, 2.75) is 6.92 Å². The van der Waals surface area contributed by atoms with Crippen LogP contribution in [-0.4, -0.2) is 17.1 Å². The van der Waals surface area contributed by atoms with Gasteiger partial charge in [-0.2, -0.15) is 0 Å². The summed E-state index contributed by atoms with van der Waals surface area (Å²) in [5.74, 6) is -0.977. The van der Waals surface area contributed by atoms with Crippen molar-refractivity contribution in [3.8, 4) is 0 Å². The highest BCUT2D eigenvalue weighted by Gasteiger charge is 2.25. The van der Waals surface area contributed by atoms with E-state index in [4.69, 9.17) is 0 Å². The number of thioether (sulfide) groups is 1. The largest absolute Gasteiger partial charge is 0.322 e. The fraction of sp³-hybridized carbons (Fsp3) is 0.0833. The molecular weight excluding hydrogens is 252 g/mol. The molecular formula is C12H10N2O3S. The van der Waals surface area contributed by atoms with E-state index in [0.29, 0.717) is 17.4 Å². The van der Waals surface area contributed by atoms with Crippen molar-refractivity contribution in [1.29, 1.82) is 0 Å². The zero-order valence-corrected chi connectivity index (χ0v) is 10.3. The second-order valence-corrected chi connectivity index (χ2v) is 4.72. The number of nitrogens with one attached hydrogen (secondary N) is 2. The third-order valence-electron chi connectivity index (χ3n) is 2.22. The van der Waals surface area contributed by atoms with Gasteiger partial charge in [0.1, 0.15) is 0 Å². The van der Waals surface area contributed by atoms with E-state index in [1.807, 2.05) is 19.1 Å². The van der Waals surface area contributed by atoms with Gasteiger partial charge < -0.3 is 5.32 Å². The minimum Gasteiger partial charge on any atom is -0.322 e. The Morgan fingerprint density at radius 2 is 1.94 bits per heavy atom. The van der Waals surface area contributed by atoms with Crippen molar-refractivity contribution in [3.05, 3.63) is 40.8 Å². The maximum Gasteiger partial charge on any atom is 0.290 e. The lowest BCUT2D eigenvalue weighted by Gasteiger charge is -2.02. The van der Waals surface area contributed by atoms with Gasteiger partial charge in [-0.25, -0.2) is 0 Å². The number of carbonyl (C=O) groups is 3. The fourth-order valence-corrected chi connectivity index (χ4v) is 2.01. The standard InChI is InChI=1S/C12H10N2O3S/c1-7-2-4-8(5-3-7)13-10(15)6-9-11(16)14-12(17)18-9/h2-6H,1H3,(H,13,15)(H,14,16,17)/b9-6+. The molecule has 2 rings (SSSR count). The number of aryl methyl sites for hydroxylation is 1. The monoisotopic (exact) mass is 262 g/mol. The minimum absolute atomic E-state index is 0.101. The molecule has 92 valence electrons. The topological polar surface area (TPSA) is 75.3 Å². The smallest absolute Gasteiger partial charge is 0.290 e. The highest BCUT2D eigenvalue weighted by Crippen LogP contribution is 2.22. The molecule has 6 heteroatoms. The van der Waals surface area contributed by atoms with E-state index in [1.165, 1.54) is 0 Å². The van der Waals surface area contributed by atoms with E-state index in [2.05, 4.69) is 10.6 Å². The molecule has 1 heterocycles. The summed E-state index contributed by atoms with van der Waals surface area (Å²) in [5.41, 5.74) is 1.72. The van der Waals surface area contributed by atoms with Crippen LogP contribution >= 0.6 is 11.8 Å². The van der Waals surface area contributed by atoms with Crippen molar-refractivity contribution < 1.29 is 14.4 Å². The van der Waals surface area contributed by atoms with E-state index in [0.717, 1.165) is 11.6 Å². The predicted octanol–water partition coefficient (Wildman–Crippen LogP) is 1.80. The van der Waals surface area contributed by atoms with Crippen LogP contribution in [0.25, 0.3) is 0 Å². The summed E-state index contributed by atoms with van der Waals surface area (Å²) in [5, 5.41) is 4.23. The van der Waals surface area contributed by atoms with Gasteiger partial charge in [0, 0.05) is 11.8 Å². The third-order valence-corrected chi connectivity index (χ3v) is 3.03. The van der Waals surface area contributed by atoms with Crippen LogP contribution in [0.5, 0.6) is 0 Å². The molecule has 1 aromatic carbocycles. The minimum atomic E-state index is -0.538. The van der Waals surface area contributed by atoms with Gasteiger partial charge >= 0.3 is 0 Å². The van der Waals surface area contributed by atoms with Gasteiger partial charge in [-0.3, -0.25) is 19.7 Å². The SMILES string of the molecule is Cc1ccc(NC(=O)/C=C2/SC(=O)NC2=O)cc1. The number of benzene rings is 1. The van der Waals surface area contributed by atoms with Crippen LogP contribution in [0.4, 0.5) is 10.5 Å². The average Bonchev–Trinajstić information content (AvgIpc) is 2.61. The molecule has 3 amide bonds. The van der Waals surface area contributed by atoms with Crippen molar-refractivity contribution >= 4 is 34.5 Å². The fourth-order valence-electron chi connectivity index (χ4n) is 1.36. The van der Waals surface area contributed by atoms with Gasteiger partial charge in [-0.1, -0.05) is 17.7 Å². The van der Waals surface area contributed by atoms with Gasteiger partial charge in [-0.15, -0.1) is 0 Å². The second kappa shape index (κ2) is 5.05. The van der Waals surface area contributed by atoms with E-state index in [9.17, 15) is 14.4 Å². The molecule has 1 fully saturated rings. The molecule has 1 aliphatic heterocycles. The zero-order valence-electron chi connectivity index (χ0n) is 9.52. The molecule has 0 bridgehead atoms. The van der Waals surface area contributed by atoms with Gasteiger partial charge in [0.15, 0.2) is 0 Å². The summed E-state index contributed by atoms with van der Waals surface area (Å²) in [7, 11) is 0. The number of anilines is 1. The molecule has 1 aromatic rings. The summed E-state index contributed by atoms with van der Waals surface area (Å²) in [6.07, 6.45) is 1.12. The van der Waals surface area contributed by atoms with Crippen LogP contribution in [0.2, 0.25) is 0 Å². The van der Waals surface area contributed by atoms with Crippen LogP contribution in [0.3, 0.4) is 0 Å². The van der Waals surface area contributed by atoms with Gasteiger partial charge in [0.2, 0.25) is 5.91 Å². The number of carbonyl (C=O) groups excluding carboxylic acids is 3. The lowest BCUT2D eigenvalue weighted by atomic mass is 10.2. The Morgan fingerprint density at radius 1 is 1.28 bits per heavy atom. The number of hydrogen-bond acceptors (Lipinski definition) is 4. The number of rotatable bonds is 2. The Morgan fingerprint density at radius 3 is 2.50 bits per heavy atom. The van der Waals surface area contributed by atoms with E-state index < -0.39 is 17.1 Å². The molecule has 2 N–H and O–H groups in total. The van der Waals surface area contributed by atoms with E-state index in [-0.39, 0.29) is 4.91 Å². The summed E-state index contributed by atoms with van der Waals surface area (Å²) in [6, 6.07) is 7.25. The molecule has 1 aliphatic rings. The second-order valence-electron chi connectivity index (χ2n) is 3.71. The van der Waals surface area contributed by atoms with Gasteiger partial charge in [0.05, 0.1) is 4.91 Å². The lowest BCUT2D eigenvalue weighted by molar-refractivity contribution is -0.116. The first-order valence-electron chi connectivity index (χ1n) is 5.17. The van der Waals surface area contributed by atoms with Crippen LogP contribution < -0.4 is 10.6 Å². The summed E-state index contributed by atoms with van der Waals surface area (Å²) < 4.78 is 0. The average molecular weight is 262 g/mol. The Hall–Kier alpha value is -2.08. The van der Waals surface area contributed by atoms with Crippen LogP contribution in [-0.2, 0) is 9.59 Å². The number of hydrogen-bond donors (Lipinski definition) is 2. The van der Waals surface area contributed by atoms with Crippen molar-refractivity contribution in [3.63, 3.8) is 0 Å². The first-order valence-corrected chi connectivity index (χ1v) is 5.99. The Balaban J connectivity index is 2.05. The molecule has 0 radical (unpaired) electrons. The van der Waals surface area contributed by atoms with Crippen LogP contribution in [0.15, 0.2) is 35.2 Å². The van der Waals surface area contributed by atoms with E-state index >= 15 is 0 Å². The number of imide groups is 1. The first kappa shape index (κ1) is 12.4. The Bertz CT molecular complexity index is 549. The van der Waals surface area contributed by atoms with E-state index in [1.54, 1.807) is 12.1 Å². The molecule has 1 saturated heterocycles. The molecule has 18 heavy (non-hydrogen) atoms. The lowest BCUT2D eigenvalue weighted by Crippen LogP contribution is -2.18. The first-order chi connectivity index (χ1) is 8.54. The Labute approximate surface area is 108 Å². The molecule has 0 spiro atoms. The molecule has 0 aromatic heterocycles. The summed E-state index contributed by atoms with van der Waals surface area (Å²) >= 11 is 0.716. The maximum atomic E-state index is 11.6. The van der Waals surface area contributed by atoms with Crippen molar-refractivity contribution in [2.24, 2.45) is 0 Å². The Kier molecular flexibility index (Phi) is 3.47. The number of amides is 3. The molecule has 0 unspecified atom stereocenters. The third kappa shape index (κ3) is 2.98. The van der Waals surface area contributed by atoms with Crippen molar-refractivity contribution in [1.82, 2.24) is 5.32 Å². The predicted molar refractivity (Wildman–Crippen MR) is 69.0 cm³/mol. The highest BCUT2D eigenvalue weighted by molar-refractivity contribution is 8.18. The van der Waals surface area contributed by atoms with Crippen molar-refractivity contribution in [2.75, 3.05) is 5.32 Å². The van der Waals surface area contributed by atoms with Crippen LogP contribution in [0.1, 0.15) is 5.56 Å². The van der Waals surface area contributed by atoms with Gasteiger partial charge in [-0.05, 0) is 30.8 Å². The molecule has 0 saturated carbocycles. The molecule has 0 aliphatic carbocycles. The highest BCUT2D eigenvalue weighted by atomic mass is 32.2. The summed E-state index contributed by atoms with van der Waals surface area (Å²) in [6.45, 7) is 1.94.